The second-order valence-electron chi connectivity index (χ2n) is 5.89. The van der Waals surface area contributed by atoms with E-state index in [4.69, 9.17) is 4.52 Å². The minimum atomic E-state index is -0.206. The first-order valence-corrected chi connectivity index (χ1v) is 7.61. The summed E-state index contributed by atoms with van der Waals surface area (Å²) in [6, 6.07) is 8.03. The van der Waals surface area contributed by atoms with Crippen LogP contribution in [-0.2, 0) is 19.6 Å². The van der Waals surface area contributed by atoms with Crippen LogP contribution in [0.4, 0.5) is 4.79 Å². The molecule has 2 aromatic rings. The van der Waals surface area contributed by atoms with Gasteiger partial charge in [0.25, 0.3) is 0 Å². The lowest BCUT2D eigenvalue weighted by Gasteiger charge is -2.11. The average molecular weight is 316 g/mol. The van der Waals surface area contributed by atoms with Gasteiger partial charge in [-0.1, -0.05) is 29.4 Å². The van der Waals surface area contributed by atoms with Crippen molar-refractivity contribution in [3.05, 3.63) is 52.4 Å². The van der Waals surface area contributed by atoms with Crippen molar-refractivity contribution >= 4 is 6.03 Å². The van der Waals surface area contributed by atoms with Crippen LogP contribution >= 0.6 is 0 Å². The Labute approximate surface area is 136 Å². The van der Waals surface area contributed by atoms with Gasteiger partial charge in [0, 0.05) is 25.2 Å². The van der Waals surface area contributed by atoms with Crippen molar-refractivity contribution in [3.8, 4) is 0 Å². The van der Waals surface area contributed by atoms with Crippen molar-refractivity contribution in [2.75, 3.05) is 14.1 Å². The molecule has 0 fully saturated rings. The quantitative estimate of drug-likeness (QED) is 0.858. The number of aryl methyl sites for hydroxylation is 2. The van der Waals surface area contributed by atoms with E-state index in [0.29, 0.717) is 13.1 Å². The molecule has 23 heavy (non-hydrogen) atoms. The molecule has 124 valence electrons. The first kappa shape index (κ1) is 17.0. The molecule has 2 amide bonds. The Bertz CT molecular complexity index is 628. The van der Waals surface area contributed by atoms with Gasteiger partial charge in [0.1, 0.15) is 5.76 Å². The van der Waals surface area contributed by atoms with Gasteiger partial charge < -0.3 is 20.1 Å². The molecule has 0 aliphatic heterocycles. The molecule has 1 aromatic heterocycles. The molecule has 2 N–H and O–H groups in total. The third-order valence-electron chi connectivity index (χ3n) is 3.58. The summed E-state index contributed by atoms with van der Waals surface area (Å²) >= 11 is 0. The van der Waals surface area contributed by atoms with Crippen LogP contribution in [0, 0.1) is 13.8 Å². The Morgan fingerprint density at radius 2 is 1.70 bits per heavy atom. The number of nitrogens with zero attached hydrogens (tertiary/aromatic N) is 2. The molecular formula is C17H24N4O2. The third kappa shape index (κ3) is 5.10. The lowest BCUT2D eigenvalue weighted by molar-refractivity contribution is 0.240. The Balaban J connectivity index is 1.78. The number of carbonyl (C=O) groups is 1. The fraction of sp³-hybridized carbons (Fsp3) is 0.412. The van der Waals surface area contributed by atoms with Gasteiger partial charge >= 0.3 is 6.03 Å². The van der Waals surface area contributed by atoms with E-state index in [-0.39, 0.29) is 6.03 Å². The topological polar surface area (TPSA) is 70.4 Å². The van der Waals surface area contributed by atoms with Gasteiger partial charge in [-0.15, -0.1) is 0 Å². The van der Waals surface area contributed by atoms with Crippen LogP contribution in [-0.4, -0.2) is 30.2 Å². The number of rotatable bonds is 6. The largest absolute Gasteiger partial charge is 0.361 e. The van der Waals surface area contributed by atoms with Gasteiger partial charge in [-0.25, -0.2) is 4.79 Å². The second-order valence-corrected chi connectivity index (χ2v) is 5.89. The summed E-state index contributed by atoms with van der Waals surface area (Å²) in [5, 5.41) is 9.53. The highest BCUT2D eigenvalue weighted by Crippen LogP contribution is 2.11. The normalized spacial score (nSPS) is 10.8. The molecule has 2 rings (SSSR count). The molecule has 0 aliphatic carbocycles. The van der Waals surface area contributed by atoms with E-state index in [0.717, 1.165) is 29.1 Å². The molecule has 0 saturated carbocycles. The Hall–Kier alpha value is -2.34. The summed E-state index contributed by atoms with van der Waals surface area (Å²) in [6.45, 7) is 5.51. The van der Waals surface area contributed by atoms with Crippen LogP contribution in [0.25, 0.3) is 0 Å². The standard InChI is InChI=1S/C17H24N4O2/c1-12-16(13(2)23-20-12)10-19-17(22)18-9-14-5-7-15(8-6-14)11-21(3)4/h5-8H,9-11H2,1-4H3,(H2,18,19,22). The van der Waals surface area contributed by atoms with E-state index in [1.807, 2.05) is 40.1 Å². The number of urea groups is 1. The van der Waals surface area contributed by atoms with Gasteiger partial charge in [-0.3, -0.25) is 0 Å². The zero-order valence-corrected chi connectivity index (χ0v) is 14.1. The molecule has 6 heteroatoms. The molecule has 6 nitrogen and oxygen atoms in total. The zero-order chi connectivity index (χ0) is 16.8. The van der Waals surface area contributed by atoms with Crippen molar-refractivity contribution in [1.29, 1.82) is 0 Å². The molecular weight excluding hydrogens is 292 g/mol. The Kier molecular flexibility index (Phi) is 5.76. The highest BCUT2D eigenvalue weighted by Gasteiger charge is 2.10. The Morgan fingerprint density at radius 1 is 1.09 bits per heavy atom. The maximum atomic E-state index is 11.9. The van der Waals surface area contributed by atoms with E-state index in [1.54, 1.807) is 0 Å². The van der Waals surface area contributed by atoms with Crippen LogP contribution in [0.5, 0.6) is 0 Å². The number of nitrogens with one attached hydrogen (secondary N) is 2. The number of hydrogen-bond donors (Lipinski definition) is 2. The molecule has 1 heterocycles. The maximum Gasteiger partial charge on any atom is 0.315 e. The van der Waals surface area contributed by atoms with Crippen LogP contribution < -0.4 is 10.6 Å². The lowest BCUT2D eigenvalue weighted by Crippen LogP contribution is -2.34. The average Bonchev–Trinajstić information content (AvgIpc) is 2.83. The molecule has 0 unspecified atom stereocenters. The van der Waals surface area contributed by atoms with Crippen LogP contribution in [0.15, 0.2) is 28.8 Å². The summed E-state index contributed by atoms with van der Waals surface area (Å²) in [7, 11) is 4.08. The Morgan fingerprint density at radius 3 is 2.26 bits per heavy atom. The van der Waals surface area contributed by atoms with E-state index in [9.17, 15) is 4.79 Å². The summed E-state index contributed by atoms with van der Waals surface area (Å²) in [5.41, 5.74) is 4.05. The van der Waals surface area contributed by atoms with Crippen molar-refractivity contribution < 1.29 is 9.32 Å². The van der Waals surface area contributed by atoms with Crippen molar-refractivity contribution in [3.63, 3.8) is 0 Å². The molecule has 0 saturated heterocycles. The van der Waals surface area contributed by atoms with Gasteiger partial charge in [0.05, 0.1) is 5.69 Å². The van der Waals surface area contributed by atoms with Gasteiger partial charge in [0.2, 0.25) is 0 Å². The molecule has 0 bridgehead atoms. The van der Waals surface area contributed by atoms with Crippen molar-refractivity contribution in [1.82, 2.24) is 20.7 Å². The smallest absolute Gasteiger partial charge is 0.315 e. The first-order chi connectivity index (χ1) is 11.0. The number of benzene rings is 1. The van der Waals surface area contributed by atoms with E-state index in [1.165, 1.54) is 5.56 Å². The molecule has 0 radical (unpaired) electrons. The monoisotopic (exact) mass is 316 g/mol. The summed E-state index contributed by atoms with van der Waals surface area (Å²) in [6.07, 6.45) is 0. The minimum absolute atomic E-state index is 0.206. The highest BCUT2D eigenvalue weighted by molar-refractivity contribution is 5.73. The molecule has 0 aliphatic rings. The van der Waals surface area contributed by atoms with Crippen LogP contribution in [0.1, 0.15) is 28.1 Å². The summed E-state index contributed by atoms with van der Waals surface area (Å²) in [4.78, 5) is 14.0. The number of amides is 2. The van der Waals surface area contributed by atoms with Gasteiger partial charge in [-0.05, 0) is 39.1 Å². The summed E-state index contributed by atoms with van der Waals surface area (Å²) in [5.74, 6) is 0.735. The van der Waals surface area contributed by atoms with Crippen LogP contribution in [0.2, 0.25) is 0 Å². The predicted octanol–water partition coefficient (Wildman–Crippen LogP) is 2.35. The van der Waals surface area contributed by atoms with Crippen molar-refractivity contribution in [2.24, 2.45) is 0 Å². The minimum Gasteiger partial charge on any atom is -0.361 e. The fourth-order valence-electron chi connectivity index (χ4n) is 2.30. The van der Waals surface area contributed by atoms with Crippen LogP contribution in [0.3, 0.4) is 0 Å². The van der Waals surface area contributed by atoms with E-state index in [2.05, 4.69) is 32.8 Å². The lowest BCUT2D eigenvalue weighted by atomic mass is 10.1. The molecule has 0 atom stereocenters. The molecule has 1 aromatic carbocycles. The van der Waals surface area contributed by atoms with E-state index < -0.39 is 0 Å². The number of hydrogen-bond acceptors (Lipinski definition) is 4. The third-order valence-corrected chi connectivity index (χ3v) is 3.58. The second kappa shape index (κ2) is 7.78. The van der Waals surface area contributed by atoms with Crippen molar-refractivity contribution in [2.45, 2.75) is 33.5 Å². The summed E-state index contributed by atoms with van der Waals surface area (Å²) < 4.78 is 5.07. The molecule has 0 spiro atoms. The first-order valence-electron chi connectivity index (χ1n) is 7.61. The SMILES string of the molecule is Cc1noc(C)c1CNC(=O)NCc1ccc(CN(C)C)cc1. The number of aromatic nitrogens is 1. The zero-order valence-electron chi connectivity index (χ0n) is 14.1. The highest BCUT2D eigenvalue weighted by atomic mass is 16.5. The van der Waals surface area contributed by atoms with Gasteiger partial charge in [0.15, 0.2) is 0 Å². The fourth-order valence-corrected chi connectivity index (χ4v) is 2.30. The predicted molar refractivity (Wildman–Crippen MR) is 88.9 cm³/mol. The van der Waals surface area contributed by atoms with E-state index >= 15 is 0 Å². The maximum absolute atomic E-state index is 11.9. The van der Waals surface area contributed by atoms with Gasteiger partial charge in [-0.2, -0.15) is 0 Å². The number of carbonyl (C=O) groups excluding carboxylic acids is 1.